The van der Waals surface area contributed by atoms with Gasteiger partial charge in [0.1, 0.15) is 5.82 Å². The van der Waals surface area contributed by atoms with E-state index in [9.17, 15) is 0 Å². The summed E-state index contributed by atoms with van der Waals surface area (Å²) in [5.41, 5.74) is 7.02. The van der Waals surface area contributed by atoms with Crippen molar-refractivity contribution >= 4 is 17.2 Å². The predicted octanol–water partition coefficient (Wildman–Crippen LogP) is 2.62. The Bertz CT molecular complexity index is 453. The summed E-state index contributed by atoms with van der Waals surface area (Å²) in [5.74, 6) is 0.620. The van der Waals surface area contributed by atoms with Gasteiger partial charge in [0, 0.05) is 29.1 Å². The molecule has 0 fully saturated rings. The number of hydrogen-bond donors (Lipinski definition) is 2. The highest BCUT2D eigenvalue weighted by molar-refractivity contribution is 7.09. The molecule has 17 heavy (non-hydrogen) atoms. The summed E-state index contributed by atoms with van der Waals surface area (Å²) < 4.78 is 0. The molecule has 2 heterocycles. The van der Waals surface area contributed by atoms with Crippen LogP contribution in [-0.2, 0) is 6.42 Å². The minimum Gasteiger partial charge on any atom is -0.383 e. The quantitative estimate of drug-likeness (QED) is 0.854. The topological polar surface area (TPSA) is 50.9 Å². The van der Waals surface area contributed by atoms with Gasteiger partial charge in [-0.15, -0.1) is 11.3 Å². The van der Waals surface area contributed by atoms with Crippen LogP contribution in [0, 0.1) is 0 Å². The molecule has 0 aliphatic heterocycles. The summed E-state index contributed by atoms with van der Waals surface area (Å²) in [6.45, 7) is 3.03. The molecule has 0 spiro atoms. The number of thiophene rings is 1. The van der Waals surface area contributed by atoms with Crippen molar-refractivity contribution in [2.75, 3.05) is 12.3 Å². The monoisotopic (exact) mass is 247 g/mol. The fourth-order valence-corrected chi connectivity index (χ4v) is 2.64. The van der Waals surface area contributed by atoms with Gasteiger partial charge in [0.15, 0.2) is 0 Å². The third-order valence-electron chi connectivity index (χ3n) is 2.68. The van der Waals surface area contributed by atoms with Crippen LogP contribution in [0.25, 0.3) is 0 Å². The third kappa shape index (κ3) is 3.05. The third-order valence-corrected chi connectivity index (χ3v) is 3.58. The van der Waals surface area contributed by atoms with Gasteiger partial charge in [-0.25, -0.2) is 4.98 Å². The van der Waals surface area contributed by atoms with E-state index in [4.69, 9.17) is 5.73 Å². The van der Waals surface area contributed by atoms with Gasteiger partial charge >= 0.3 is 0 Å². The van der Waals surface area contributed by atoms with Crippen molar-refractivity contribution < 1.29 is 0 Å². The van der Waals surface area contributed by atoms with Crippen molar-refractivity contribution in [3.8, 4) is 0 Å². The Morgan fingerprint density at radius 3 is 2.94 bits per heavy atom. The maximum absolute atomic E-state index is 5.93. The summed E-state index contributed by atoms with van der Waals surface area (Å²) in [4.78, 5) is 5.51. The van der Waals surface area contributed by atoms with Gasteiger partial charge < -0.3 is 11.1 Å². The first-order valence-corrected chi connectivity index (χ1v) is 6.65. The van der Waals surface area contributed by atoms with Crippen molar-refractivity contribution in [3.05, 3.63) is 46.3 Å². The largest absolute Gasteiger partial charge is 0.383 e. The second-order valence-corrected chi connectivity index (χ2v) is 4.90. The van der Waals surface area contributed by atoms with E-state index in [1.54, 1.807) is 17.5 Å². The molecule has 0 bridgehead atoms. The van der Waals surface area contributed by atoms with Gasteiger partial charge in [0.05, 0.1) is 0 Å². The lowest BCUT2D eigenvalue weighted by atomic mass is 10.0. The van der Waals surface area contributed by atoms with E-state index in [1.807, 2.05) is 12.1 Å². The van der Waals surface area contributed by atoms with E-state index < -0.39 is 0 Å². The first-order chi connectivity index (χ1) is 8.31. The first-order valence-electron chi connectivity index (χ1n) is 5.77. The zero-order valence-electron chi connectivity index (χ0n) is 9.89. The number of likely N-dealkylation sites (N-methyl/N-ethyl adjacent to an activating group) is 1. The normalized spacial score (nSPS) is 12.5. The molecular formula is C13H17N3S. The molecule has 0 saturated carbocycles. The maximum atomic E-state index is 5.93. The molecule has 3 N–H and O–H groups in total. The summed E-state index contributed by atoms with van der Waals surface area (Å²) in [5, 5.41) is 5.57. The van der Waals surface area contributed by atoms with Gasteiger partial charge in [0.25, 0.3) is 0 Å². The molecule has 2 aromatic heterocycles. The average Bonchev–Trinajstić information content (AvgIpc) is 2.82. The van der Waals surface area contributed by atoms with E-state index in [0.29, 0.717) is 5.82 Å². The van der Waals surface area contributed by atoms with Crippen LogP contribution in [0.5, 0.6) is 0 Å². The van der Waals surface area contributed by atoms with Crippen LogP contribution in [0.4, 0.5) is 5.82 Å². The zero-order valence-corrected chi connectivity index (χ0v) is 10.7. The standard InChI is InChI=1S/C13H17N3S/c1-2-15-12(9-10-5-4-8-17-10)11-6-3-7-16-13(11)14/h3-8,12,15H,2,9H2,1H3,(H2,14,16). The molecule has 1 unspecified atom stereocenters. The van der Waals surface area contributed by atoms with Gasteiger partial charge in [-0.05, 0) is 24.1 Å². The van der Waals surface area contributed by atoms with Crippen molar-refractivity contribution in [1.29, 1.82) is 0 Å². The number of nitrogen functional groups attached to an aromatic ring is 1. The summed E-state index contributed by atoms with van der Waals surface area (Å²) in [6.07, 6.45) is 2.69. The molecule has 0 aliphatic carbocycles. The maximum Gasteiger partial charge on any atom is 0.128 e. The smallest absolute Gasteiger partial charge is 0.128 e. The van der Waals surface area contributed by atoms with E-state index in [1.165, 1.54) is 4.88 Å². The van der Waals surface area contributed by atoms with E-state index in [0.717, 1.165) is 18.5 Å². The Hall–Kier alpha value is -1.39. The van der Waals surface area contributed by atoms with E-state index in [2.05, 4.69) is 34.7 Å². The minimum atomic E-state index is 0.243. The van der Waals surface area contributed by atoms with Crippen LogP contribution in [0.2, 0.25) is 0 Å². The van der Waals surface area contributed by atoms with E-state index in [-0.39, 0.29) is 6.04 Å². The summed E-state index contributed by atoms with van der Waals surface area (Å²) >= 11 is 1.78. The highest BCUT2D eigenvalue weighted by Crippen LogP contribution is 2.24. The number of aromatic nitrogens is 1. The predicted molar refractivity (Wildman–Crippen MR) is 73.1 cm³/mol. The Balaban J connectivity index is 2.20. The molecule has 0 radical (unpaired) electrons. The molecule has 0 aromatic carbocycles. The lowest BCUT2D eigenvalue weighted by Crippen LogP contribution is -2.23. The summed E-state index contributed by atoms with van der Waals surface area (Å²) in [7, 11) is 0. The lowest BCUT2D eigenvalue weighted by molar-refractivity contribution is 0.553. The highest BCUT2D eigenvalue weighted by Gasteiger charge is 2.14. The van der Waals surface area contributed by atoms with E-state index >= 15 is 0 Å². The van der Waals surface area contributed by atoms with Gasteiger partial charge in [-0.2, -0.15) is 0 Å². The van der Waals surface area contributed by atoms with Crippen LogP contribution < -0.4 is 11.1 Å². The Kier molecular flexibility index (Phi) is 4.12. The van der Waals surface area contributed by atoms with Crippen molar-refractivity contribution in [2.24, 2.45) is 0 Å². The van der Waals surface area contributed by atoms with Crippen LogP contribution in [0.15, 0.2) is 35.8 Å². The molecule has 0 amide bonds. The number of anilines is 1. The summed E-state index contributed by atoms with van der Waals surface area (Å²) in [6, 6.07) is 8.46. The second-order valence-electron chi connectivity index (χ2n) is 3.87. The Labute approximate surface area is 106 Å². The second kappa shape index (κ2) is 5.80. The fourth-order valence-electron chi connectivity index (χ4n) is 1.89. The molecule has 1 atom stereocenters. The van der Waals surface area contributed by atoms with Crippen molar-refractivity contribution in [2.45, 2.75) is 19.4 Å². The van der Waals surface area contributed by atoms with Crippen molar-refractivity contribution in [1.82, 2.24) is 10.3 Å². The number of nitrogens with two attached hydrogens (primary N) is 1. The molecule has 2 aromatic rings. The van der Waals surface area contributed by atoms with Gasteiger partial charge in [0.2, 0.25) is 0 Å². The molecule has 2 rings (SSSR count). The van der Waals surface area contributed by atoms with Crippen molar-refractivity contribution in [3.63, 3.8) is 0 Å². The molecule has 90 valence electrons. The average molecular weight is 247 g/mol. The fraction of sp³-hybridized carbons (Fsp3) is 0.308. The lowest BCUT2D eigenvalue weighted by Gasteiger charge is -2.18. The molecule has 4 heteroatoms. The Morgan fingerprint density at radius 1 is 1.41 bits per heavy atom. The van der Waals surface area contributed by atoms with Crippen LogP contribution in [0.1, 0.15) is 23.4 Å². The van der Waals surface area contributed by atoms with Gasteiger partial charge in [-0.3, -0.25) is 0 Å². The zero-order chi connectivity index (χ0) is 12.1. The molecule has 3 nitrogen and oxygen atoms in total. The Morgan fingerprint density at radius 2 is 2.29 bits per heavy atom. The van der Waals surface area contributed by atoms with Crippen LogP contribution >= 0.6 is 11.3 Å². The minimum absolute atomic E-state index is 0.243. The number of pyridine rings is 1. The first kappa shape index (κ1) is 12.1. The number of rotatable bonds is 5. The highest BCUT2D eigenvalue weighted by atomic mass is 32.1. The van der Waals surface area contributed by atoms with Gasteiger partial charge in [-0.1, -0.05) is 19.1 Å². The number of hydrogen-bond acceptors (Lipinski definition) is 4. The van der Waals surface area contributed by atoms with Crippen LogP contribution in [-0.4, -0.2) is 11.5 Å². The number of nitrogens with one attached hydrogen (secondary N) is 1. The molecule has 0 saturated heterocycles. The SMILES string of the molecule is CCNC(Cc1cccs1)c1cccnc1N. The molecular weight excluding hydrogens is 230 g/mol. The molecule has 0 aliphatic rings. The van der Waals surface area contributed by atoms with Crippen LogP contribution in [0.3, 0.4) is 0 Å². The number of nitrogens with zero attached hydrogens (tertiary/aromatic N) is 1.